The van der Waals surface area contributed by atoms with E-state index in [0.29, 0.717) is 19.3 Å². The third-order valence-electron chi connectivity index (χ3n) is 8.70. The predicted molar refractivity (Wildman–Crippen MR) is 108 cm³/mol. The number of aliphatic hydroxyl groups is 2. The first-order chi connectivity index (χ1) is 12.7. The molecule has 0 aliphatic heterocycles. The van der Waals surface area contributed by atoms with Gasteiger partial charge in [0, 0.05) is 11.8 Å². The second kappa shape index (κ2) is 6.61. The first-order valence-corrected chi connectivity index (χ1v) is 11.0. The van der Waals surface area contributed by atoms with Gasteiger partial charge in [-0.05, 0) is 67.8 Å². The molecule has 0 aromatic rings. The lowest BCUT2D eigenvalue weighted by Gasteiger charge is -2.60. The SMILES string of the molecule is C[C@]12CCC(=O)C=C1CC[C@@H]1[C@@H]2[C@@H](O)C[C@@]2(C)[C@H]1CC[C@]2(O)C(=O)COI. The quantitative estimate of drug-likeness (QED) is 0.597. The summed E-state index contributed by atoms with van der Waals surface area (Å²) in [5.74, 6) is 0.526. The molecule has 3 fully saturated rings. The number of fused-ring (bicyclic) bond motifs is 5. The molecule has 7 atom stereocenters. The van der Waals surface area contributed by atoms with Crippen LogP contribution >= 0.6 is 23.0 Å². The Balaban J connectivity index is 1.71. The fourth-order valence-corrected chi connectivity index (χ4v) is 7.60. The van der Waals surface area contributed by atoms with Crippen LogP contribution in [0.1, 0.15) is 58.8 Å². The molecule has 6 heteroatoms. The zero-order chi connectivity index (χ0) is 19.6. The van der Waals surface area contributed by atoms with Crippen molar-refractivity contribution in [3.8, 4) is 0 Å². The molecule has 150 valence electrons. The van der Waals surface area contributed by atoms with Gasteiger partial charge in [-0.2, -0.15) is 0 Å². The van der Waals surface area contributed by atoms with E-state index < -0.39 is 17.1 Å². The molecule has 0 heterocycles. The van der Waals surface area contributed by atoms with Crippen LogP contribution in [0.2, 0.25) is 0 Å². The molecule has 4 rings (SSSR count). The van der Waals surface area contributed by atoms with Gasteiger partial charge in [0.1, 0.15) is 35.2 Å². The van der Waals surface area contributed by atoms with Crippen molar-refractivity contribution in [1.29, 1.82) is 0 Å². The van der Waals surface area contributed by atoms with Crippen molar-refractivity contribution in [2.45, 2.75) is 70.5 Å². The maximum Gasteiger partial charge on any atom is 0.191 e. The summed E-state index contributed by atoms with van der Waals surface area (Å²) in [7, 11) is 0. The summed E-state index contributed by atoms with van der Waals surface area (Å²) in [4.78, 5) is 24.6. The smallest absolute Gasteiger partial charge is 0.191 e. The largest absolute Gasteiger partial charge is 0.393 e. The average Bonchev–Trinajstić information content (AvgIpc) is 2.87. The van der Waals surface area contributed by atoms with Gasteiger partial charge in [-0.25, -0.2) is 0 Å². The highest BCUT2D eigenvalue weighted by Gasteiger charge is 2.68. The lowest BCUT2D eigenvalue weighted by molar-refractivity contribution is -0.181. The van der Waals surface area contributed by atoms with Crippen LogP contribution in [0.4, 0.5) is 0 Å². The van der Waals surface area contributed by atoms with Gasteiger partial charge < -0.3 is 13.3 Å². The minimum absolute atomic E-state index is 0.0990. The summed E-state index contributed by atoms with van der Waals surface area (Å²) < 4.78 is 4.99. The molecule has 0 saturated heterocycles. The van der Waals surface area contributed by atoms with E-state index in [1.54, 1.807) is 23.0 Å². The molecule has 4 aliphatic carbocycles. The molecule has 0 amide bonds. The molecule has 2 N–H and O–H groups in total. The molecular weight excluding hydrogens is 459 g/mol. The lowest BCUT2D eigenvalue weighted by atomic mass is 9.45. The monoisotopic (exact) mass is 488 g/mol. The zero-order valence-electron chi connectivity index (χ0n) is 16.0. The molecule has 0 unspecified atom stereocenters. The van der Waals surface area contributed by atoms with Crippen LogP contribution in [0.5, 0.6) is 0 Å². The Bertz CT molecular complexity index is 705. The number of allylic oxidation sites excluding steroid dienone is 1. The van der Waals surface area contributed by atoms with Crippen molar-refractivity contribution in [2.75, 3.05) is 6.61 Å². The summed E-state index contributed by atoms with van der Waals surface area (Å²) in [5, 5.41) is 22.6. The van der Waals surface area contributed by atoms with E-state index in [-0.39, 0.29) is 41.3 Å². The average molecular weight is 488 g/mol. The van der Waals surface area contributed by atoms with Crippen LogP contribution in [0.25, 0.3) is 0 Å². The molecule has 0 radical (unpaired) electrons. The predicted octanol–water partition coefficient (Wildman–Crippen LogP) is 3.16. The number of halogens is 1. The van der Waals surface area contributed by atoms with Gasteiger partial charge in [-0.3, -0.25) is 9.59 Å². The van der Waals surface area contributed by atoms with E-state index in [1.165, 1.54) is 5.57 Å². The highest BCUT2D eigenvalue weighted by Crippen LogP contribution is 2.67. The molecule has 0 aromatic carbocycles. The van der Waals surface area contributed by atoms with Crippen molar-refractivity contribution in [3.63, 3.8) is 0 Å². The number of rotatable bonds is 3. The zero-order valence-corrected chi connectivity index (χ0v) is 18.2. The van der Waals surface area contributed by atoms with Gasteiger partial charge in [0.15, 0.2) is 11.6 Å². The highest BCUT2D eigenvalue weighted by molar-refractivity contribution is 14.1. The standard InChI is InChI=1S/C21H29IO5/c1-19-7-5-13(23)9-12(19)3-4-14-15-6-8-21(26,17(25)11-27-22)20(15,2)10-16(24)18(14)19/h9,14-16,18,24,26H,3-8,10-11H2,1-2H3/t14-,15-,16-,18+,19-,20-,21-/m0/s1. The van der Waals surface area contributed by atoms with E-state index in [4.69, 9.17) is 3.07 Å². The lowest BCUT2D eigenvalue weighted by Crippen LogP contribution is -2.62. The summed E-state index contributed by atoms with van der Waals surface area (Å²) in [5.41, 5.74) is -0.991. The van der Waals surface area contributed by atoms with Crippen LogP contribution in [0.3, 0.4) is 0 Å². The normalized spacial score (nSPS) is 49.1. The molecule has 0 bridgehead atoms. The topological polar surface area (TPSA) is 83.8 Å². The van der Waals surface area contributed by atoms with E-state index in [0.717, 1.165) is 25.7 Å². The van der Waals surface area contributed by atoms with Gasteiger partial charge in [0.25, 0.3) is 0 Å². The molecule has 5 nitrogen and oxygen atoms in total. The Kier molecular flexibility index (Phi) is 4.89. The number of ketones is 2. The number of carbonyl (C=O) groups excluding carboxylic acids is 2. The molecule has 27 heavy (non-hydrogen) atoms. The third kappa shape index (κ3) is 2.66. The van der Waals surface area contributed by atoms with Crippen LogP contribution in [0, 0.1) is 28.6 Å². The van der Waals surface area contributed by atoms with Crippen molar-refractivity contribution >= 4 is 34.6 Å². The van der Waals surface area contributed by atoms with Crippen molar-refractivity contribution in [2.24, 2.45) is 28.6 Å². The fourth-order valence-electron chi connectivity index (χ4n) is 7.32. The minimum Gasteiger partial charge on any atom is -0.393 e. The Hall–Kier alpha value is -0.310. The second-order valence-electron chi connectivity index (χ2n) is 9.65. The molecule has 4 aliphatic rings. The first kappa shape index (κ1) is 20.0. The molecule has 0 aromatic heterocycles. The number of Topliss-reactive ketones (excluding diaryl/α,β-unsaturated/α-hetero) is 1. The van der Waals surface area contributed by atoms with Gasteiger partial charge in [-0.15, -0.1) is 0 Å². The van der Waals surface area contributed by atoms with Gasteiger partial charge in [-0.1, -0.05) is 19.4 Å². The van der Waals surface area contributed by atoms with Crippen LogP contribution < -0.4 is 0 Å². The maximum absolute atomic E-state index is 12.7. The third-order valence-corrected chi connectivity index (χ3v) is 9.01. The molecular formula is C21H29IO5. The first-order valence-electron chi connectivity index (χ1n) is 10.1. The van der Waals surface area contributed by atoms with Gasteiger partial charge >= 0.3 is 0 Å². The summed E-state index contributed by atoms with van der Waals surface area (Å²) in [6.07, 6.45) is 6.08. The van der Waals surface area contributed by atoms with Crippen LogP contribution in [-0.2, 0) is 12.7 Å². The van der Waals surface area contributed by atoms with E-state index in [9.17, 15) is 19.8 Å². The number of hydrogen-bond acceptors (Lipinski definition) is 5. The fraction of sp³-hybridized carbons (Fsp3) is 0.810. The maximum atomic E-state index is 12.7. The van der Waals surface area contributed by atoms with Gasteiger partial charge in [0.05, 0.1) is 6.10 Å². The van der Waals surface area contributed by atoms with E-state index in [1.807, 2.05) is 13.0 Å². The van der Waals surface area contributed by atoms with Crippen molar-refractivity contribution in [1.82, 2.24) is 0 Å². The Labute approximate surface area is 174 Å². The molecule has 0 spiro atoms. The summed E-state index contributed by atoms with van der Waals surface area (Å²) in [6, 6.07) is 0. The van der Waals surface area contributed by atoms with Crippen molar-refractivity contribution in [3.05, 3.63) is 11.6 Å². The second-order valence-corrected chi connectivity index (χ2v) is 10.3. The number of hydrogen-bond donors (Lipinski definition) is 2. The summed E-state index contributed by atoms with van der Waals surface area (Å²) >= 11 is 1.69. The summed E-state index contributed by atoms with van der Waals surface area (Å²) in [6.45, 7) is 4.10. The van der Waals surface area contributed by atoms with E-state index in [2.05, 4.69) is 6.92 Å². The Morgan fingerprint density at radius 3 is 2.74 bits per heavy atom. The van der Waals surface area contributed by atoms with E-state index >= 15 is 0 Å². The Morgan fingerprint density at radius 2 is 2.04 bits per heavy atom. The van der Waals surface area contributed by atoms with Crippen LogP contribution in [-0.4, -0.2) is 40.1 Å². The van der Waals surface area contributed by atoms with Crippen molar-refractivity contribution < 1.29 is 22.9 Å². The minimum atomic E-state index is -1.42. The van der Waals surface area contributed by atoms with Crippen LogP contribution in [0.15, 0.2) is 11.6 Å². The Morgan fingerprint density at radius 1 is 1.30 bits per heavy atom. The number of carbonyl (C=O) groups is 2. The highest BCUT2D eigenvalue weighted by atomic mass is 127. The molecule has 3 saturated carbocycles. The number of aliphatic hydroxyl groups excluding tert-OH is 1. The van der Waals surface area contributed by atoms with Gasteiger partial charge in [0.2, 0.25) is 0 Å².